The van der Waals surface area contributed by atoms with Crippen molar-refractivity contribution in [3.63, 3.8) is 0 Å². The predicted molar refractivity (Wildman–Crippen MR) is 138 cm³/mol. The third kappa shape index (κ3) is 5.50. The van der Waals surface area contributed by atoms with Gasteiger partial charge in [-0.2, -0.15) is 0 Å². The van der Waals surface area contributed by atoms with E-state index in [0.717, 1.165) is 38.0 Å². The second-order valence-corrected chi connectivity index (χ2v) is 9.84. The molecule has 0 bridgehead atoms. The van der Waals surface area contributed by atoms with Crippen molar-refractivity contribution in [3.05, 3.63) is 107 Å². The SMILES string of the molecule is O=C(CC1Cc2ccccc2C2(CCN(Cc3ccccc3)CC2)O1)NCc1cccc(C(=O)O)c1. The normalized spacial score (nSPS) is 18.9. The van der Waals surface area contributed by atoms with Gasteiger partial charge in [-0.05, 0) is 53.6 Å². The van der Waals surface area contributed by atoms with Crippen molar-refractivity contribution in [2.45, 2.75) is 50.5 Å². The molecule has 1 saturated heterocycles. The Balaban J connectivity index is 1.22. The van der Waals surface area contributed by atoms with Crippen LogP contribution >= 0.6 is 0 Å². The Labute approximate surface area is 211 Å². The van der Waals surface area contributed by atoms with Gasteiger partial charge in [0.05, 0.1) is 23.7 Å². The highest BCUT2D eigenvalue weighted by Gasteiger charge is 2.43. The number of nitrogens with one attached hydrogen (secondary N) is 1. The summed E-state index contributed by atoms with van der Waals surface area (Å²) in [6, 6.07) is 25.7. The highest BCUT2D eigenvalue weighted by Crippen LogP contribution is 2.44. The fourth-order valence-electron chi connectivity index (χ4n) is 5.52. The van der Waals surface area contributed by atoms with Crippen LogP contribution in [0.15, 0.2) is 78.9 Å². The second-order valence-electron chi connectivity index (χ2n) is 9.84. The number of nitrogens with zero attached hydrogens (tertiary/aromatic N) is 1. The first-order valence-electron chi connectivity index (χ1n) is 12.6. The minimum atomic E-state index is -0.974. The number of piperidine rings is 1. The number of fused-ring (bicyclic) bond motifs is 2. The number of carboxylic acids is 1. The van der Waals surface area contributed by atoms with Gasteiger partial charge in [-0.3, -0.25) is 9.69 Å². The summed E-state index contributed by atoms with van der Waals surface area (Å²) in [6.45, 7) is 3.13. The molecule has 0 saturated carbocycles. The van der Waals surface area contributed by atoms with Crippen molar-refractivity contribution in [1.82, 2.24) is 10.2 Å². The van der Waals surface area contributed by atoms with Crippen LogP contribution in [0.2, 0.25) is 0 Å². The summed E-state index contributed by atoms with van der Waals surface area (Å²) in [7, 11) is 0. The molecule has 6 nitrogen and oxygen atoms in total. The van der Waals surface area contributed by atoms with Gasteiger partial charge in [0.15, 0.2) is 0 Å². The zero-order chi connectivity index (χ0) is 25.0. The average molecular weight is 485 g/mol. The fourth-order valence-corrected chi connectivity index (χ4v) is 5.52. The van der Waals surface area contributed by atoms with Gasteiger partial charge in [-0.15, -0.1) is 0 Å². The smallest absolute Gasteiger partial charge is 0.335 e. The van der Waals surface area contributed by atoms with E-state index in [1.54, 1.807) is 18.2 Å². The number of hydrogen-bond donors (Lipinski definition) is 2. The van der Waals surface area contributed by atoms with Crippen molar-refractivity contribution < 1.29 is 19.4 Å². The van der Waals surface area contributed by atoms with Gasteiger partial charge in [-0.1, -0.05) is 66.7 Å². The lowest BCUT2D eigenvalue weighted by molar-refractivity contribution is -0.150. The maximum Gasteiger partial charge on any atom is 0.335 e. The molecule has 186 valence electrons. The van der Waals surface area contributed by atoms with E-state index < -0.39 is 5.97 Å². The van der Waals surface area contributed by atoms with Crippen LogP contribution in [0.3, 0.4) is 0 Å². The first kappa shape index (κ1) is 24.2. The Bertz CT molecular complexity index is 1220. The van der Waals surface area contributed by atoms with E-state index in [4.69, 9.17) is 4.74 Å². The Morgan fingerprint density at radius 1 is 0.944 bits per heavy atom. The molecule has 5 rings (SSSR count). The molecule has 0 aromatic heterocycles. The number of benzene rings is 3. The molecule has 2 N–H and O–H groups in total. The van der Waals surface area contributed by atoms with Crippen molar-refractivity contribution in [3.8, 4) is 0 Å². The molecule has 1 atom stereocenters. The molecule has 1 spiro atoms. The molecular weight excluding hydrogens is 452 g/mol. The number of likely N-dealkylation sites (tertiary alicyclic amines) is 1. The molecule has 0 radical (unpaired) electrons. The quantitative estimate of drug-likeness (QED) is 0.515. The van der Waals surface area contributed by atoms with Crippen LogP contribution in [0.25, 0.3) is 0 Å². The zero-order valence-electron chi connectivity index (χ0n) is 20.4. The highest BCUT2D eigenvalue weighted by molar-refractivity contribution is 5.87. The van der Waals surface area contributed by atoms with E-state index in [1.807, 2.05) is 12.1 Å². The van der Waals surface area contributed by atoms with Crippen molar-refractivity contribution in [2.75, 3.05) is 13.1 Å². The zero-order valence-corrected chi connectivity index (χ0v) is 20.4. The minimum Gasteiger partial charge on any atom is -0.478 e. The molecule has 0 aliphatic carbocycles. The Kier molecular flexibility index (Phi) is 7.16. The average Bonchev–Trinajstić information content (AvgIpc) is 2.90. The fraction of sp³-hybridized carbons (Fsp3) is 0.333. The standard InChI is InChI=1S/C30H32N2O4/c33-28(31-20-23-9-6-11-25(17-23)29(34)35)19-26-18-24-10-4-5-12-27(24)30(36-26)13-15-32(16-14-30)21-22-7-2-1-3-8-22/h1-12,17,26H,13-16,18-21H2,(H,31,33)(H,34,35). The molecule has 36 heavy (non-hydrogen) atoms. The van der Waals surface area contributed by atoms with Crippen LogP contribution in [0.5, 0.6) is 0 Å². The van der Waals surface area contributed by atoms with Gasteiger partial charge >= 0.3 is 5.97 Å². The summed E-state index contributed by atoms with van der Waals surface area (Å²) in [5, 5.41) is 12.1. The van der Waals surface area contributed by atoms with Crippen LogP contribution < -0.4 is 5.32 Å². The van der Waals surface area contributed by atoms with Crippen LogP contribution in [-0.2, 0) is 34.6 Å². The maximum atomic E-state index is 12.8. The number of aromatic carboxylic acids is 1. The molecule has 3 aromatic rings. The lowest BCUT2D eigenvalue weighted by Crippen LogP contribution is -2.49. The second kappa shape index (κ2) is 10.6. The molecule has 6 heteroatoms. The number of rotatable bonds is 7. The van der Waals surface area contributed by atoms with Gasteiger partial charge < -0.3 is 15.2 Å². The molecule has 1 fully saturated rings. The van der Waals surface area contributed by atoms with Crippen LogP contribution in [0.4, 0.5) is 0 Å². The maximum absolute atomic E-state index is 12.8. The molecule has 2 aliphatic rings. The van der Waals surface area contributed by atoms with Gasteiger partial charge in [-0.25, -0.2) is 4.79 Å². The third-order valence-corrected chi connectivity index (χ3v) is 7.34. The van der Waals surface area contributed by atoms with E-state index in [9.17, 15) is 14.7 Å². The van der Waals surface area contributed by atoms with E-state index in [1.165, 1.54) is 16.7 Å². The number of ether oxygens (including phenoxy) is 1. The number of amides is 1. The largest absolute Gasteiger partial charge is 0.478 e. The number of hydrogen-bond acceptors (Lipinski definition) is 4. The third-order valence-electron chi connectivity index (χ3n) is 7.34. The Morgan fingerprint density at radius 3 is 2.44 bits per heavy atom. The van der Waals surface area contributed by atoms with E-state index in [2.05, 4.69) is 58.7 Å². The van der Waals surface area contributed by atoms with Gasteiger partial charge in [0, 0.05) is 26.2 Å². The summed E-state index contributed by atoms with van der Waals surface area (Å²) in [5.74, 6) is -1.06. The van der Waals surface area contributed by atoms with Crippen LogP contribution in [0, 0.1) is 0 Å². The van der Waals surface area contributed by atoms with E-state index in [0.29, 0.717) is 13.0 Å². The van der Waals surface area contributed by atoms with Crippen molar-refractivity contribution in [1.29, 1.82) is 0 Å². The summed E-state index contributed by atoms with van der Waals surface area (Å²) in [6.07, 6.45) is 2.61. The molecule has 3 aromatic carbocycles. The van der Waals surface area contributed by atoms with Crippen molar-refractivity contribution in [2.24, 2.45) is 0 Å². The molecule has 1 unspecified atom stereocenters. The predicted octanol–water partition coefficient (Wildman–Crippen LogP) is 4.52. The number of carbonyl (C=O) groups excluding carboxylic acids is 1. The van der Waals surface area contributed by atoms with Crippen molar-refractivity contribution >= 4 is 11.9 Å². The topological polar surface area (TPSA) is 78.9 Å². The lowest BCUT2D eigenvalue weighted by atomic mass is 9.77. The summed E-state index contributed by atoms with van der Waals surface area (Å²) < 4.78 is 6.75. The van der Waals surface area contributed by atoms with E-state index >= 15 is 0 Å². The number of carbonyl (C=O) groups is 2. The van der Waals surface area contributed by atoms with Gasteiger partial charge in [0.1, 0.15) is 0 Å². The molecule has 2 heterocycles. The monoisotopic (exact) mass is 484 g/mol. The first-order chi connectivity index (χ1) is 17.5. The summed E-state index contributed by atoms with van der Waals surface area (Å²) in [4.78, 5) is 26.5. The number of carboxylic acid groups (broad SMARTS) is 1. The Hall–Kier alpha value is -3.48. The van der Waals surface area contributed by atoms with Gasteiger partial charge in [0.25, 0.3) is 0 Å². The summed E-state index contributed by atoms with van der Waals surface area (Å²) in [5.41, 5.74) is 4.48. The summed E-state index contributed by atoms with van der Waals surface area (Å²) >= 11 is 0. The Morgan fingerprint density at radius 2 is 1.67 bits per heavy atom. The van der Waals surface area contributed by atoms with Crippen LogP contribution in [-0.4, -0.2) is 41.1 Å². The van der Waals surface area contributed by atoms with Gasteiger partial charge in [0.2, 0.25) is 5.91 Å². The molecule has 2 aliphatic heterocycles. The lowest BCUT2D eigenvalue weighted by Gasteiger charge is -2.47. The molecule has 1 amide bonds. The molecular formula is C30H32N2O4. The minimum absolute atomic E-state index is 0.0863. The highest BCUT2D eigenvalue weighted by atomic mass is 16.5. The first-order valence-corrected chi connectivity index (χ1v) is 12.6. The van der Waals surface area contributed by atoms with E-state index in [-0.39, 0.29) is 29.6 Å². The van der Waals surface area contributed by atoms with Crippen LogP contribution in [0.1, 0.15) is 51.9 Å².